The lowest BCUT2D eigenvalue weighted by atomic mass is 10.0. The number of aryl methyl sites for hydroxylation is 4. The second kappa shape index (κ2) is 4.70. The highest BCUT2D eigenvalue weighted by atomic mass is 32.1. The first-order valence-corrected chi connectivity index (χ1v) is 7.51. The molecule has 1 aromatic carbocycles. The van der Waals surface area contributed by atoms with Gasteiger partial charge in [0.05, 0.1) is 11.4 Å². The number of rotatable bonds is 2. The van der Waals surface area contributed by atoms with Crippen LogP contribution >= 0.6 is 11.3 Å². The van der Waals surface area contributed by atoms with Crippen molar-refractivity contribution in [2.45, 2.75) is 27.7 Å². The first kappa shape index (κ1) is 13.8. The minimum absolute atomic E-state index is 0.252. The molecule has 0 saturated carbocycles. The molecular weight excluding hydrogens is 284 g/mol. The summed E-state index contributed by atoms with van der Waals surface area (Å²) in [5.41, 5.74) is 5.18. The van der Waals surface area contributed by atoms with Crippen LogP contribution in [0.3, 0.4) is 0 Å². The molecular formula is C16H16N2O2S. The average Bonchev–Trinajstić information content (AvgIpc) is 2.85. The summed E-state index contributed by atoms with van der Waals surface area (Å²) in [5.74, 6) is -0.942. The molecule has 0 atom stereocenters. The quantitative estimate of drug-likeness (QED) is 0.778. The molecule has 21 heavy (non-hydrogen) atoms. The third kappa shape index (κ3) is 2.05. The Morgan fingerprint density at radius 2 is 1.90 bits per heavy atom. The number of benzene rings is 1. The van der Waals surface area contributed by atoms with Gasteiger partial charge in [-0.2, -0.15) is 0 Å². The first-order valence-electron chi connectivity index (χ1n) is 6.69. The third-order valence-electron chi connectivity index (χ3n) is 3.81. The SMILES string of the molecule is Cc1ccc(-c2c(C)sc3nc(C)c(C(=O)O)n23)cc1C. The molecule has 0 spiro atoms. The van der Waals surface area contributed by atoms with Gasteiger partial charge in [-0.05, 0) is 50.5 Å². The van der Waals surface area contributed by atoms with Gasteiger partial charge < -0.3 is 5.11 Å². The summed E-state index contributed by atoms with van der Waals surface area (Å²) < 4.78 is 1.77. The maximum absolute atomic E-state index is 11.6. The van der Waals surface area contributed by atoms with E-state index in [2.05, 4.69) is 31.0 Å². The molecule has 0 fully saturated rings. The summed E-state index contributed by atoms with van der Waals surface area (Å²) in [6, 6.07) is 6.21. The lowest BCUT2D eigenvalue weighted by Gasteiger charge is -2.07. The molecule has 0 aliphatic heterocycles. The highest BCUT2D eigenvalue weighted by Gasteiger charge is 2.22. The minimum atomic E-state index is -0.942. The Hall–Kier alpha value is -2.14. The summed E-state index contributed by atoms with van der Waals surface area (Å²) in [6.45, 7) is 7.88. The van der Waals surface area contributed by atoms with Crippen molar-refractivity contribution in [3.63, 3.8) is 0 Å². The van der Waals surface area contributed by atoms with Gasteiger partial charge in [-0.25, -0.2) is 9.78 Å². The molecule has 2 heterocycles. The number of carbonyl (C=O) groups is 1. The molecule has 5 heteroatoms. The van der Waals surface area contributed by atoms with Crippen LogP contribution in [0.25, 0.3) is 16.2 Å². The number of imidazole rings is 1. The number of carboxylic acid groups (broad SMARTS) is 1. The van der Waals surface area contributed by atoms with Crippen LogP contribution in [0, 0.1) is 27.7 Å². The number of aromatic carboxylic acids is 1. The lowest BCUT2D eigenvalue weighted by molar-refractivity contribution is 0.0688. The van der Waals surface area contributed by atoms with Crippen LogP contribution < -0.4 is 0 Å². The van der Waals surface area contributed by atoms with Gasteiger partial charge in [0, 0.05) is 4.88 Å². The number of thiazole rings is 1. The van der Waals surface area contributed by atoms with Gasteiger partial charge >= 0.3 is 5.97 Å². The number of hydrogen-bond acceptors (Lipinski definition) is 3. The second-order valence-corrected chi connectivity index (χ2v) is 6.46. The summed E-state index contributed by atoms with van der Waals surface area (Å²) >= 11 is 1.52. The Labute approximate surface area is 126 Å². The molecule has 1 N–H and O–H groups in total. The van der Waals surface area contributed by atoms with E-state index in [0.717, 1.165) is 21.1 Å². The second-order valence-electron chi connectivity index (χ2n) is 5.27. The van der Waals surface area contributed by atoms with Crippen molar-refractivity contribution in [3.05, 3.63) is 45.6 Å². The summed E-state index contributed by atoms with van der Waals surface area (Å²) in [7, 11) is 0. The van der Waals surface area contributed by atoms with Gasteiger partial charge in [0.15, 0.2) is 10.7 Å². The van der Waals surface area contributed by atoms with Crippen LogP contribution in [0.15, 0.2) is 18.2 Å². The van der Waals surface area contributed by atoms with Crippen LogP contribution in [0.2, 0.25) is 0 Å². The Balaban J connectivity index is 2.38. The largest absolute Gasteiger partial charge is 0.477 e. The molecule has 4 nitrogen and oxygen atoms in total. The van der Waals surface area contributed by atoms with Gasteiger partial charge in [-0.1, -0.05) is 12.1 Å². The number of hydrogen-bond donors (Lipinski definition) is 1. The zero-order valence-electron chi connectivity index (χ0n) is 12.4. The summed E-state index contributed by atoms with van der Waals surface area (Å²) in [5, 5.41) is 9.48. The van der Waals surface area contributed by atoms with E-state index in [9.17, 15) is 9.90 Å². The Bertz CT molecular complexity index is 874. The van der Waals surface area contributed by atoms with E-state index in [4.69, 9.17) is 0 Å². The predicted octanol–water partition coefficient (Wildman–Crippen LogP) is 3.99. The van der Waals surface area contributed by atoms with Crippen molar-refractivity contribution < 1.29 is 9.90 Å². The third-order valence-corrected chi connectivity index (χ3v) is 4.76. The molecule has 3 aromatic rings. The molecule has 0 amide bonds. The van der Waals surface area contributed by atoms with Gasteiger partial charge in [0.25, 0.3) is 0 Å². The molecule has 2 aromatic heterocycles. The van der Waals surface area contributed by atoms with E-state index >= 15 is 0 Å². The molecule has 0 unspecified atom stereocenters. The standard InChI is InChI=1S/C16H16N2O2S/c1-8-5-6-12(7-9(8)2)14-11(4)21-16-17-10(3)13(15(19)20)18(14)16/h5-7H,1-4H3,(H,19,20). The fourth-order valence-electron chi connectivity index (χ4n) is 2.59. The highest BCUT2D eigenvalue weighted by molar-refractivity contribution is 7.17. The van der Waals surface area contributed by atoms with Crippen molar-refractivity contribution in [2.75, 3.05) is 0 Å². The molecule has 0 aliphatic carbocycles. The number of aromatic nitrogens is 2. The van der Waals surface area contributed by atoms with Crippen LogP contribution in [-0.2, 0) is 0 Å². The molecule has 108 valence electrons. The Morgan fingerprint density at radius 1 is 1.19 bits per heavy atom. The van der Waals surface area contributed by atoms with Gasteiger partial charge in [0.2, 0.25) is 0 Å². The topological polar surface area (TPSA) is 54.6 Å². The number of nitrogens with zero attached hydrogens (tertiary/aromatic N) is 2. The van der Waals surface area contributed by atoms with Crippen LogP contribution in [0.4, 0.5) is 0 Å². The number of fused-ring (bicyclic) bond motifs is 1. The van der Waals surface area contributed by atoms with E-state index in [1.54, 1.807) is 11.3 Å². The molecule has 0 saturated heterocycles. The molecule has 0 bridgehead atoms. The fraction of sp³-hybridized carbons (Fsp3) is 0.250. The van der Waals surface area contributed by atoms with Crippen LogP contribution in [-0.4, -0.2) is 20.5 Å². The van der Waals surface area contributed by atoms with E-state index in [1.165, 1.54) is 22.5 Å². The summed E-state index contributed by atoms with van der Waals surface area (Å²) in [6.07, 6.45) is 0. The van der Waals surface area contributed by atoms with Gasteiger partial charge in [-0.15, -0.1) is 11.3 Å². The van der Waals surface area contributed by atoms with E-state index in [0.29, 0.717) is 5.69 Å². The van der Waals surface area contributed by atoms with Crippen molar-refractivity contribution in [2.24, 2.45) is 0 Å². The lowest BCUT2D eigenvalue weighted by Crippen LogP contribution is -2.04. The van der Waals surface area contributed by atoms with Crippen LogP contribution in [0.5, 0.6) is 0 Å². The number of carboxylic acids is 1. The molecule has 3 rings (SSSR count). The van der Waals surface area contributed by atoms with E-state index in [1.807, 2.05) is 13.0 Å². The average molecular weight is 300 g/mol. The first-order chi connectivity index (χ1) is 9.90. The van der Waals surface area contributed by atoms with Crippen molar-refractivity contribution in [1.82, 2.24) is 9.38 Å². The molecule has 0 aliphatic rings. The smallest absolute Gasteiger partial charge is 0.354 e. The normalized spacial score (nSPS) is 11.2. The maximum Gasteiger partial charge on any atom is 0.354 e. The monoisotopic (exact) mass is 300 g/mol. The predicted molar refractivity (Wildman–Crippen MR) is 84.4 cm³/mol. The van der Waals surface area contributed by atoms with E-state index < -0.39 is 5.97 Å². The fourth-order valence-corrected chi connectivity index (χ4v) is 3.63. The van der Waals surface area contributed by atoms with Gasteiger partial charge in [-0.3, -0.25) is 4.40 Å². The molecule has 0 radical (unpaired) electrons. The zero-order chi connectivity index (χ0) is 15.3. The van der Waals surface area contributed by atoms with Gasteiger partial charge in [0.1, 0.15) is 0 Å². The Kier molecular flexibility index (Phi) is 3.10. The summed E-state index contributed by atoms with van der Waals surface area (Å²) in [4.78, 5) is 17.7. The minimum Gasteiger partial charge on any atom is -0.477 e. The van der Waals surface area contributed by atoms with Crippen molar-refractivity contribution >= 4 is 22.3 Å². The maximum atomic E-state index is 11.6. The highest BCUT2D eigenvalue weighted by Crippen LogP contribution is 2.34. The van der Waals surface area contributed by atoms with Crippen molar-refractivity contribution in [1.29, 1.82) is 0 Å². The zero-order valence-corrected chi connectivity index (χ0v) is 13.2. The Morgan fingerprint density at radius 3 is 2.52 bits per heavy atom. The van der Waals surface area contributed by atoms with E-state index in [-0.39, 0.29) is 5.69 Å². The van der Waals surface area contributed by atoms with Crippen LogP contribution in [0.1, 0.15) is 32.2 Å². The van der Waals surface area contributed by atoms with Crippen molar-refractivity contribution in [3.8, 4) is 11.3 Å².